The van der Waals surface area contributed by atoms with Gasteiger partial charge in [0.05, 0.1) is 0 Å². The van der Waals surface area contributed by atoms with Gasteiger partial charge in [-0.05, 0) is 52.9 Å². The summed E-state index contributed by atoms with van der Waals surface area (Å²) in [5.74, 6) is -0.891. The molecule has 0 aromatic carbocycles. The van der Waals surface area contributed by atoms with E-state index in [1.165, 1.54) is 0 Å². The average molecular weight is 268 g/mol. The van der Waals surface area contributed by atoms with E-state index in [-0.39, 0.29) is 11.6 Å². The molecule has 108 valence electrons. The number of carbonyl (C=O) groups excluding carboxylic acids is 1. The largest absolute Gasteiger partial charge is 0.480 e. The molecule has 2 fully saturated rings. The van der Waals surface area contributed by atoms with Crippen LogP contribution < -0.4 is 0 Å². The molecule has 0 spiro atoms. The lowest BCUT2D eigenvalue weighted by molar-refractivity contribution is -0.151. The maximum atomic E-state index is 12.7. The zero-order valence-corrected chi connectivity index (χ0v) is 12.1. The van der Waals surface area contributed by atoms with E-state index >= 15 is 0 Å². The summed E-state index contributed by atoms with van der Waals surface area (Å²) in [5, 5.41) is 9.48. The van der Waals surface area contributed by atoms with Gasteiger partial charge in [0.15, 0.2) is 0 Å². The van der Waals surface area contributed by atoms with Crippen LogP contribution in [0, 0.1) is 0 Å². The minimum atomic E-state index is -1.05. The summed E-state index contributed by atoms with van der Waals surface area (Å²) in [4.78, 5) is 27.7. The van der Waals surface area contributed by atoms with Crippen LogP contribution >= 0.6 is 0 Å². The second kappa shape index (κ2) is 4.69. The van der Waals surface area contributed by atoms with Crippen LogP contribution in [0.3, 0.4) is 0 Å². The Morgan fingerprint density at radius 2 is 1.58 bits per heavy atom. The zero-order valence-electron chi connectivity index (χ0n) is 12.1. The van der Waals surface area contributed by atoms with E-state index in [1.54, 1.807) is 11.8 Å². The number of carbonyl (C=O) groups is 2. The van der Waals surface area contributed by atoms with Gasteiger partial charge in [-0.25, -0.2) is 9.59 Å². The molecule has 0 bridgehead atoms. The molecule has 2 rings (SSSR count). The Kier molecular flexibility index (Phi) is 3.49. The Morgan fingerprint density at radius 1 is 0.947 bits per heavy atom. The predicted octanol–water partition coefficient (Wildman–Crippen LogP) is 2.31. The number of piperidine rings is 1. The normalized spacial score (nSPS) is 30.5. The maximum absolute atomic E-state index is 12.7. The Labute approximate surface area is 114 Å². The highest BCUT2D eigenvalue weighted by Gasteiger charge is 2.48. The Hall–Kier alpha value is -1.26. The predicted molar refractivity (Wildman–Crippen MR) is 72.0 cm³/mol. The van der Waals surface area contributed by atoms with E-state index in [0.29, 0.717) is 13.0 Å². The highest BCUT2D eigenvalue weighted by Crippen LogP contribution is 2.34. The number of aliphatic carboxylic acids is 1. The third-order valence-electron chi connectivity index (χ3n) is 4.71. The summed E-state index contributed by atoms with van der Waals surface area (Å²) in [5.41, 5.74) is -1.21. The van der Waals surface area contributed by atoms with Crippen molar-refractivity contribution in [3.05, 3.63) is 0 Å². The first kappa shape index (κ1) is 14.2. The molecule has 0 aromatic heterocycles. The molecule has 5 nitrogen and oxygen atoms in total. The summed E-state index contributed by atoms with van der Waals surface area (Å²) in [6.45, 7) is 7.07. The van der Waals surface area contributed by atoms with E-state index in [4.69, 9.17) is 0 Å². The second-order valence-electron chi connectivity index (χ2n) is 6.54. The van der Waals surface area contributed by atoms with Crippen molar-refractivity contribution in [2.24, 2.45) is 0 Å². The molecule has 1 atom stereocenters. The van der Waals surface area contributed by atoms with Gasteiger partial charge in [-0.2, -0.15) is 0 Å². The topological polar surface area (TPSA) is 60.9 Å². The average Bonchev–Trinajstić information content (AvgIpc) is 2.68. The first-order valence-corrected chi connectivity index (χ1v) is 7.12. The number of likely N-dealkylation sites (tertiary alicyclic amines) is 2. The van der Waals surface area contributed by atoms with Gasteiger partial charge in [0.25, 0.3) is 0 Å². The van der Waals surface area contributed by atoms with E-state index in [2.05, 4.69) is 13.8 Å². The zero-order chi connectivity index (χ0) is 14.3. The highest BCUT2D eigenvalue weighted by atomic mass is 16.4. The van der Waals surface area contributed by atoms with Gasteiger partial charge in [0.1, 0.15) is 5.54 Å². The fourth-order valence-electron chi connectivity index (χ4n) is 3.26. The summed E-state index contributed by atoms with van der Waals surface area (Å²) < 4.78 is 0. The van der Waals surface area contributed by atoms with Gasteiger partial charge in [0, 0.05) is 18.6 Å². The first-order chi connectivity index (χ1) is 8.79. The van der Waals surface area contributed by atoms with Gasteiger partial charge < -0.3 is 14.9 Å². The van der Waals surface area contributed by atoms with Gasteiger partial charge >= 0.3 is 12.0 Å². The fraction of sp³-hybridized carbons (Fsp3) is 0.857. The third kappa shape index (κ3) is 2.30. The molecule has 0 saturated carbocycles. The summed E-state index contributed by atoms with van der Waals surface area (Å²) >= 11 is 0. The van der Waals surface area contributed by atoms with Crippen molar-refractivity contribution in [1.29, 1.82) is 0 Å². The van der Waals surface area contributed by atoms with Crippen LogP contribution in [-0.4, -0.2) is 51.1 Å². The number of rotatable bonds is 1. The molecule has 1 unspecified atom stereocenters. The van der Waals surface area contributed by atoms with Crippen LogP contribution in [0.15, 0.2) is 0 Å². The van der Waals surface area contributed by atoms with E-state index < -0.39 is 11.5 Å². The number of urea groups is 1. The smallest absolute Gasteiger partial charge is 0.329 e. The molecule has 19 heavy (non-hydrogen) atoms. The molecule has 2 aliphatic heterocycles. The molecule has 2 aliphatic rings. The second-order valence-corrected chi connectivity index (χ2v) is 6.54. The number of carboxylic acid groups (broad SMARTS) is 1. The lowest BCUT2D eigenvalue weighted by Crippen LogP contribution is -2.62. The number of hydrogen-bond acceptors (Lipinski definition) is 2. The minimum Gasteiger partial charge on any atom is -0.480 e. The van der Waals surface area contributed by atoms with Crippen molar-refractivity contribution in [2.45, 2.75) is 64.0 Å². The van der Waals surface area contributed by atoms with Crippen molar-refractivity contribution in [2.75, 3.05) is 13.1 Å². The van der Waals surface area contributed by atoms with Crippen LogP contribution in [-0.2, 0) is 4.79 Å². The van der Waals surface area contributed by atoms with Crippen molar-refractivity contribution in [1.82, 2.24) is 9.80 Å². The standard InChI is InChI=1S/C14H24N2O3/c1-13(2)7-6-10-15(13)12(19)16-9-5-4-8-14(16,3)11(17)18/h4-10H2,1-3H3,(H,17,18). The van der Waals surface area contributed by atoms with Crippen LogP contribution in [0.1, 0.15) is 52.9 Å². The van der Waals surface area contributed by atoms with Gasteiger partial charge in [-0.1, -0.05) is 0 Å². The maximum Gasteiger partial charge on any atom is 0.329 e. The first-order valence-electron chi connectivity index (χ1n) is 7.12. The minimum absolute atomic E-state index is 0.105. The van der Waals surface area contributed by atoms with Crippen molar-refractivity contribution in [3.63, 3.8) is 0 Å². The number of nitrogens with zero attached hydrogens (tertiary/aromatic N) is 2. The van der Waals surface area contributed by atoms with Crippen LogP contribution in [0.25, 0.3) is 0 Å². The Balaban J connectivity index is 2.23. The van der Waals surface area contributed by atoms with Crippen molar-refractivity contribution >= 4 is 12.0 Å². The molecule has 0 aromatic rings. The SMILES string of the molecule is CC1(C)CCCN1C(=O)N1CCCCC1(C)C(=O)O. The van der Waals surface area contributed by atoms with Gasteiger partial charge in [0.2, 0.25) is 0 Å². The molecule has 0 aliphatic carbocycles. The molecular weight excluding hydrogens is 244 g/mol. The lowest BCUT2D eigenvalue weighted by atomic mass is 9.88. The van der Waals surface area contributed by atoms with E-state index in [9.17, 15) is 14.7 Å². The summed E-state index contributed by atoms with van der Waals surface area (Å²) in [7, 11) is 0. The number of carboxylic acids is 1. The van der Waals surface area contributed by atoms with E-state index in [1.807, 2.05) is 4.90 Å². The summed E-state index contributed by atoms with van der Waals surface area (Å²) in [6, 6.07) is -0.105. The Bertz CT molecular complexity index is 394. The van der Waals surface area contributed by atoms with Crippen molar-refractivity contribution in [3.8, 4) is 0 Å². The molecule has 1 N–H and O–H groups in total. The molecular formula is C14H24N2O3. The van der Waals surface area contributed by atoms with Gasteiger partial charge in [-0.15, -0.1) is 0 Å². The highest BCUT2D eigenvalue weighted by molar-refractivity contribution is 5.86. The Morgan fingerprint density at radius 3 is 2.11 bits per heavy atom. The number of amides is 2. The summed E-state index contributed by atoms with van der Waals surface area (Å²) in [6.07, 6.45) is 4.29. The van der Waals surface area contributed by atoms with Crippen LogP contribution in [0.5, 0.6) is 0 Å². The molecule has 2 amide bonds. The van der Waals surface area contributed by atoms with E-state index in [0.717, 1.165) is 32.2 Å². The fourth-order valence-corrected chi connectivity index (χ4v) is 3.26. The molecule has 5 heteroatoms. The third-order valence-corrected chi connectivity index (χ3v) is 4.71. The number of hydrogen-bond donors (Lipinski definition) is 1. The van der Waals surface area contributed by atoms with Gasteiger partial charge in [-0.3, -0.25) is 0 Å². The van der Waals surface area contributed by atoms with Crippen LogP contribution in [0.2, 0.25) is 0 Å². The molecule has 2 saturated heterocycles. The lowest BCUT2D eigenvalue weighted by Gasteiger charge is -2.45. The molecule has 2 heterocycles. The van der Waals surface area contributed by atoms with Crippen molar-refractivity contribution < 1.29 is 14.7 Å². The monoisotopic (exact) mass is 268 g/mol. The molecule has 0 radical (unpaired) electrons. The van der Waals surface area contributed by atoms with Crippen LogP contribution in [0.4, 0.5) is 4.79 Å². The quantitative estimate of drug-likeness (QED) is 0.794.